The molecule has 1 fully saturated rings. The van der Waals surface area contributed by atoms with Crippen LogP contribution in [0.4, 0.5) is 0 Å². The van der Waals surface area contributed by atoms with E-state index in [2.05, 4.69) is 17.6 Å². The number of hydrogen-bond donors (Lipinski definition) is 2. The monoisotopic (exact) mass is 208 g/mol. The minimum absolute atomic E-state index is 0.321. The molecule has 2 heterocycles. The quantitative estimate of drug-likeness (QED) is 0.794. The average Bonchev–Trinajstić information content (AvgIpc) is 2.81. The first-order valence-electron chi connectivity index (χ1n) is 5.84. The molecule has 0 saturated carbocycles. The van der Waals surface area contributed by atoms with Gasteiger partial charge in [0.2, 0.25) is 0 Å². The van der Waals surface area contributed by atoms with Gasteiger partial charge in [-0.25, -0.2) is 0 Å². The smallest absolute Gasteiger partial charge is 0.120 e. The molecule has 84 valence electrons. The van der Waals surface area contributed by atoms with Crippen molar-refractivity contribution in [3.63, 3.8) is 0 Å². The van der Waals surface area contributed by atoms with Gasteiger partial charge in [0.1, 0.15) is 5.76 Å². The van der Waals surface area contributed by atoms with Gasteiger partial charge in [0.15, 0.2) is 0 Å². The van der Waals surface area contributed by atoms with Gasteiger partial charge in [-0.2, -0.15) is 0 Å². The summed E-state index contributed by atoms with van der Waals surface area (Å²) in [6.07, 6.45) is 4.38. The molecule has 3 nitrogen and oxygen atoms in total. The lowest BCUT2D eigenvalue weighted by atomic mass is 9.99. The number of hydrogen-bond acceptors (Lipinski definition) is 3. The number of nitrogens with one attached hydrogen (secondary N) is 2. The topological polar surface area (TPSA) is 37.2 Å². The molecule has 0 amide bonds. The summed E-state index contributed by atoms with van der Waals surface area (Å²) in [5.41, 5.74) is 0. The van der Waals surface area contributed by atoms with Crippen LogP contribution < -0.4 is 10.6 Å². The van der Waals surface area contributed by atoms with Crippen LogP contribution in [0.5, 0.6) is 0 Å². The molecule has 2 atom stereocenters. The highest BCUT2D eigenvalue weighted by atomic mass is 16.3. The molecule has 1 aromatic heterocycles. The SMILES string of the molecule is C[C@@H](NC[C@H]1CCCNC1)c1ccco1. The Morgan fingerprint density at radius 1 is 1.67 bits per heavy atom. The van der Waals surface area contributed by atoms with Crippen LogP contribution in [0.15, 0.2) is 22.8 Å². The van der Waals surface area contributed by atoms with Crippen LogP contribution >= 0.6 is 0 Å². The van der Waals surface area contributed by atoms with E-state index in [0.717, 1.165) is 24.8 Å². The maximum Gasteiger partial charge on any atom is 0.120 e. The number of piperidine rings is 1. The molecule has 1 aliphatic heterocycles. The van der Waals surface area contributed by atoms with Crippen LogP contribution in [0.25, 0.3) is 0 Å². The van der Waals surface area contributed by atoms with Crippen LogP contribution in [-0.4, -0.2) is 19.6 Å². The molecule has 0 spiro atoms. The van der Waals surface area contributed by atoms with Gasteiger partial charge < -0.3 is 15.1 Å². The van der Waals surface area contributed by atoms with E-state index in [-0.39, 0.29) is 0 Å². The molecule has 0 aliphatic carbocycles. The predicted octanol–water partition coefficient (Wildman–Crippen LogP) is 1.93. The lowest BCUT2D eigenvalue weighted by Crippen LogP contribution is -2.36. The Morgan fingerprint density at radius 2 is 2.60 bits per heavy atom. The summed E-state index contributed by atoms with van der Waals surface area (Å²) in [6, 6.07) is 4.29. The molecule has 0 aromatic carbocycles. The largest absolute Gasteiger partial charge is 0.468 e. The summed E-state index contributed by atoms with van der Waals surface area (Å²) in [6.45, 7) is 5.56. The van der Waals surface area contributed by atoms with Crippen molar-refractivity contribution in [2.45, 2.75) is 25.8 Å². The van der Waals surface area contributed by atoms with Gasteiger partial charge >= 0.3 is 0 Å². The van der Waals surface area contributed by atoms with Crippen molar-refractivity contribution in [3.05, 3.63) is 24.2 Å². The van der Waals surface area contributed by atoms with Gasteiger partial charge in [-0.15, -0.1) is 0 Å². The van der Waals surface area contributed by atoms with Crippen LogP contribution in [0.2, 0.25) is 0 Å². The highest BCUT2D eigenvalue weighted by Crippen LogP contribution is 2.14. The van der Waals surface area contributed by atoms with Crippen LogP contribution in [0, 0.1) is 5.92 Å². The van der Waals surface area contributed by atoms with Crippen LogP contribution in [0.1, 0.15) is 31.6 Å². The first kappa shape index (κ1) is 10.7. The van der Waals surface area contributed by atoms with Gasteiger partial charge in [-0.1, -0.05) is 0 Å². The fourth-order valence-electron chi connectivity index (χ4n) is 2.08. The third-order valence-corrected chi connectivity index (χ3v) is 3.08. The van der Waals surface area contributed by atoms with Crippen molar-refractivity contribution in [1.29, 1.82) is 0 Å². The van der Waals surface area contributed by atoms with Gasteiger partial charge in [0.25, 0.3) is 0 Å². The van der Waals surface area contributed by atoms with E-state index < -0.39 is 0 Å². The molecule has 0 bridgehead atoms. The third-order valence-electron chi connectivity index (χ3n) is 3.08. The van der Waals surface area contributed by atoms with Gasteiger partial charge in [-0.3, -0.25) is 0 Å². The zero-order valence-electron chi connectivity index (χ0n) is 9.33. The third kappa shape index (κ3) is 3.08. The Bertz CT molecular complexity index is 265. The summed E-state index contributed by atoms with van der Waals surface area (Å²) in [5, 5.41) is 6.95. The summed E-state index contributed by atoms with van der Waals surface area (Å²) in [7, 11) is 0. The molecule has 0 radical (unpaired) electrons. The Balaban J connectivity index is 1.73. The molecule has 1 saturated heterocycles. The van der Waals surface area contributed by atoms with Crippen molar-refractivity contribution >= 4 is 0 Å². The van der Waals surface area contributed by atoms with Gasteiger partial charge in [-0.05, 0) is 57.5 Å². The van der Waals surface area contributed by atoms with Crippen molar-refractivity contribution in [3.8, 4) is 0 Å². The Morgan fingerprint density at radius 3 is 3.27 bits per heavy atom. The van der Waals surface area contributed by atoms with E-state index in [1.807, 2.05) is 12.1 Å². The first-order chi connectivity index (χ1) is 7.36. The zero-order chi connectivity index (χ0) is 10.5. The Kier molecular flexibility index (Phi) is 3.80. The van der Waals surface area contributed by atoms with Gasteiger partial charge in [0.05, 0.1) is 12.3 Å². The second-order valence-corrected chi connectivity index (χ2v) is 4.36. The van der Waals surface area contributed by atoms with Crippen molar-refractivity contribution in [1.82, 2.24) is 10.6 Å². The Hall–Kier alpha value is -0.800. The average molecular weight is 208 g/mol. The summed E-state index contributed by atoms with van der Waals surface area (Å²) in [5.74, 6) is 1.80. The highest BCUT2D eigenvalue weighted by Gasteiger charge is 2.14. The zero-order valence-corrected chi connectivity index (χ0v) is 9.33. The second kappa shape index (κ2) is 5.33. The second-order valence-electron chi connectivity index (χ2n) is 4.36. The molecule has 1 aliphatic rings. The number of rotatable bonds is 4. The maximum atomic E-state index is 5.36. The normalized spacial score (nSPS) is 23.9. The van der Waals surface area contributed by atoms with E-state index in [9.17, 15) is 0 Å². The fourth-order valence-corrected chi connectivity index (χ4v) is 2.08. The van der Waals surface area contributed by atoms with E-state index >= 15 is 0 Å². The van der Waals surface area contributed by atoms with Crippen LogP contribution in [0.3, 0.4) is 0 Å². The summed E-state index contributed by atoms with van der Waals surface area (Å²) in [4.78, 5) is 0. The van der Waals surface area contributed by atoms with Gasteiger partial charge in [0, 0.05) is 0 Å². The van der Waals surface area contributed by atoms with Crippen molar-refractivity contribution < 1.29 is 4.42 Å². The predicted molar refractivity (Wildman–Crippen MR) is 60.7 cm³/mol. The highest BCUT2D eigenvalue weighted by molar-refractivity contribution is 5.02. The number of furan rings is 1. The molecule has 2 rings (SSSR count). The maximum absolute atomic E-state index is 5.36. The molecule has 2 N–H and O–H groups in total. The minimum Gasteiger partial charge on any atom is -0.468 e. The fraction of sp³-hybridized carbons (Fsp3) is 0.667. The lowest BCUT2D eigenvalue weighted by molar-refractivity contribution is 0.335. The standard InChI is InChI=1S/C12H20N2O/c1-10(12-5-3-7-15-12)14-9-11-4-2-6-13-8-11/h3,5,7,10-11,13-14H,2,4,6,8-9H2,1H3/t10-,11+/m1/s1. The van der Waals surface area contributed by atoms with E-state index in [4.69, 9.17) is 4.42 Å². The lowest BCUT2D eigenvalue weighted by Gasteiger charge is -2.24. The molecule has 0 unspecified atom stereocenters. The first-order valence-corrected chi connectivity index (χ1v) is 5.84. The molecule has 15 heavy (non-hydrogen) atoms. The Labute approximate surface area is 91.2 Å². The molecule has 1 aromatic rings. The van der Waals surface area contributed by atoms with Crippen molar-refractivity contribution in [2.24, 2.45) is 5.92 Å². The summed E-state index contributed by atoms with van der Waals surface area (Å²) >= 11 is 0. The van der Waals surface area contributed by atoms with E-state index in [1.54, 1.807) is 6.26 Å². The van der Waals surface area contributed by atoms with E-state index in [1.165, 1.54) is 19.4 Å². The molecular weight excluding hydrogens is 188 g/mol. The molecular formula is C12H20N2O. The van der Waals surface area contributed by atoms with Crippen molar-refractivity contribution in [2.75, 3.05) is 19.6 Å². The minimum atomic E-state index is 0.321. The molecule has 3 heteroatoms. The van der Waals surface area contributed by atoms with E-state index in [0.29, 0.717) is 6.04 Å². The van der Waals surface area contributed by atoms with Crippen LogP contribution in [-0.2, 0) is 0 Å². The summed E-state index contributed by atoms with van der Waals surface area (Å²) < 4.78 is 5.36.